The maximum Gasteiger partial charge on any atom is 0.312 e. The molecular weight excluding hydrogens is 370 g/mol. The van der Waals surface area contributed by atoms with Gasteiger partial charge in [0.1, 0.15) is 0 Å². The molecule has 158 valence electrons. The molecule has 1 aromatic carbocycles. The van der Waals surface area contributed by atoms with Gasteiger partial charge >= 0.3 is 6.03 Å². The molecule has 29 heavy (non-hydrogen) atoms. The number of urea groups is 1. The number of aromatic nitrogens is 1. The van der Waals surface area contributed by atoms with Crippen LogP contribution in [0.15, 0.2) is 30.5 Å². The molecule has 6 N–H and O–H groups in total. The van der Waals surface area contributed by atoms with Crippen molar-refractivity contribution < 1.29 is 14.4 Å². The van der Waals surface area contributed by atoms with Gasteiger partial charge in [-0.15, -0.1) is 0 Å². The fourth-order valence-corrected chi connectivity index (χ4v) is 3.32. The lowest BCUT2D eigenvalue weighted by molar-refractivity contribution is -0.128. The minimum Gasteiger partial charge on any atom is -0.361 e. The number of primary amides is 1. The van der Waals surface area contributed by atoms with E-state index in [2.05, 4.69) is 20.9 Å². The Balaban J connectivity index is 2.06. The molecule has 1 aromatic heterocycles. The third-order valence-corrected chi connectivity index (χ3v) is 4.73. The van der Waals surface area contributed by atoms with Gasteiger partial charge in [0.25, 0.3) is 0 Å². The minimum absolute atomic E-state index is 0.103. The fourth-order valence-electron chi connectivity index (χ4n) is 3.32. The van der Waals surface area contributed by atoms with E-state index in [0.29, 0.717) is 25.8 Å². The van der Waals surface area contributed by atoms with E-state index in [4.69, 9.17) is 5.73 Å². The van der Waals surface area contributed by atoms with Crippen molar-refractivity contribution in [1.29, 1.82) is 0 Å². The highest BCUT2D eigenvalue weighted by Crippen LogP contribution is 2.19. The van der Waals surface area contributed by atoms with Gasteiger partial charge in [-0.3, -0.25) is 9.59 Å². The highest BCUT2D eigenvalue weighted by molar-refractivity contribution is 5.90. The van der Waals surface area contributed by atoms with Crippen molar-refractivity contribution in [3.05, 3.63) is 36.0 Å². The number of benzene rings is 1. The Labute approximate surface area is 171 Å². The SMILES string of the molecule is CC(=O)[C@@H](CCCNC(N)=O)NC(=O)[C@@H](Cc1c[nH]c2ccccc12)NC(C)C. The number of fused-ring (bicyclic) bond motifs is 1. The lowest BCUT2D eigenvalue weighted by Gasteiger charge is -2.24. The van der Waals surface area contributed by atoms with E-state index >= 15 is 0 Å². The molecule has 0 aliphatic heterocycles. The average molecular weight is 402 g/mol. The molecule has 0 unspecified atom stereocenters. The minimum atomic E-state index is -0.603. The summed E-state index contributed by atoms with van der Waals surface area (Å²) in [5.74, 6) is -0.333. The Hall–Kier alpha value is -2.87. The van der Waals surface area contributed by atoms with Crippen LogP contribution in [0.2, 0.25) is 0 Å². The lowest BCUT2D eigenvalue weighted by Crippen LogP contribution is -2.52. The number of amides is 3. The quantitative estimate of drug-likeness (QED) is 0.366. The van der Waals surface area contributed by atoms with Crippen LogP contribution in [-0.4, -0.2) is 47.4 Å². The van der Waals surface area contributed by atoms with Gasteiger partial charge < -0.3 is 26.7 Å². The summed E-state index contributed by atoms with van der Waals surface area (Å²) >= 11 is 0. The maximum absolute atomic E-state index is 13.0. The van der Waals surface area contributed by atoms with Crippen LogP contribution >= 0.6 is 0 Å². The number of nitrogens with two attached hydrogens (primary N) is 1. The summed E-state index contributed by atoms with van der Waals surface area (Å²) in [6.07, 6.45) is 3.40. The van der Waals surface area contributed by atoms with Crippen molar-refractivity contribution >= 4 is 28.6 Å². The second-order valence-corrected chi connectivity index (χ2v) is 7.54. The first-order valence-corrected chi connectivity index (χ1v) is 9.93. The van der Waals surface area contributed by atoms with Crippen molar-refractivity contribution in [2.24, 2.45) is 5.73 Å². The largest absolute Gasteiger partial charge is 0.361 e. The van der Waals surface area contributed by atoms with Crippen LogP contribution in [-0.2, 0) is 16.0 Å². The third kappa shape index (κ3) is 6.90. The van der Waals surface area contributed by atoms with Crippen molar-refractivity contribution in [2.45, 2.75) is 58.2 Å². The fraction of sp³-hybridized carbons (Fsp3) is 0.476. The Bertz CT molecular complexity index is 846. The summed E-state index contributed by atoms with van der Waals surface area (Å²) in [5.41, 5.74) is 7.11. The summed E-state index contributed by atoms with van der Waals surface area (Å²) < 4.78 is 0. The molecule has 2 atom stereocenters. The Morgan fingerprint density at radius 2 is 1.86 bits per heavy atom. The van der Waals surface area contributed by atoms with Crippen LogP contribution in [0, 0.1) is 0 Å². The molecule has 8 nitrogen and oxygen atoms in total. The monoisotopic (exact) mass is 401 g/mol. The predicted octanol–water partition coefficient (Wildman–Crippen LogP) is 1.60. The second-order valence-electron chi connectivity index (χ2n) is 7.54. The van der Waals surface area contributed by atoms with Crippen LogP contribution in [0.25, 0.3) is 10.9 Å². The molecule has 0 fully saturated rings. The third-order valence-electron chi connectivity index (χ3n) is 4.73. The molecule has 3 amide bonds. The van der Waals surface area contributed by atoms with E-state index in [0.717, 1.165) is 16.5 Å². The summed E-state index contributed by atoms with van der Waals surface area (Å²) in [4.78, 5) is 38.9. The molecule has 0 saturated heterocycles. The summed E-state index contributed by atoms with van der Waals surface area (Å²) in [6, 6.07) is 6.38. The topological polar surface area (TPSA) is 129 Å². The first-order chi connectivity index (χ1) is 13.8. The van der Waals surface area contributed by atoms with Crippen molar-refractivity contribution in [3.63, 3.8) is 0 Å². The smallest absolute Gasteiger partial charge is 0.312 e. The summed E-state index contributed by atoms with van der Waals surface area (Å²) in [6.45, 7) is 5.77. The second kappa shape index (κ2) is 10.6. The first-order valence-electron chi connectivity index (χ1n) is 9.93. The predicted molar refractivity (Wildman–Crippen MR) is 113 cm³/mol. The number of nitrogens with one attached hydrogen (secondary N) is 4. The molecule has 8 heteroatoms. The normalized spacial score (nSPS) is 13.2. The highest BCUT2D eigenvalue weighted by atomic mass is 16.2. The Kier molecular flexibility index (Phi) is 8.21. The summed E-state index contributed by atoms with van der Waals surface area (Å²) in [7, 11) is 0. The number of rotatable bonds is 11. The molecule has 0 saturated carbocycles. The molecule has 2 aromatic rings. The number of carbonyl (C=O) groups is 3. The number of aromatic amines is 1. The van der Waals surface area contributed by atoms with Gasteiger partial charge in [0.2, 0.25) is 5.91 Å². The van der Waals surface area contributed by atoms with Crippen molar-refractivity contribution in [1.82, 2.24) is 20.9 Å². The molecule has 0 bridgehead atoms. The van der Waals surface area contributed by atoms with E-state index in [1.165, 1.54) is 6.92 Å². The zero-order chi connectivity index (χ0) is 21.4. The van der Waals surface area contributed by atoms with E-state index in [9.17, 15) is 14.4 Å². The first kappa shape index (κ1) is 22.4. The maximum atomic E-state index is 13.0. The van der Waals surface area contributed by atoms with Crippen LogP contribution in [0.3, 0.4) is 0 Å². The number of Topliss-reactive ketones (excluding diaryl/α,β-unsaturated/α-hetero) is 1. The van der Waals surface area contributed by atoms with Crippen LogP contribution in [0.5, 0.6) is 0 Å². The van der Waals surface area contributed by atoms with Gasteiger partial charge in [-0.2, -0.15) is 0 Å². The van der Waals surface area contributed by atoms with Crippen LogP contribution in [0.4, 0.5) is 4.79 Å². The zero-order valence-electron chi connectivity index (χ0n) is 17.2. The molecule has 0 radical (unpaired) electrons. The number of hydrogen-bond acceptors (Lipinski definition) is 4. The van der Waals surface area contributed by atoms with E-state index in [-0.39, 0.29) is 17.7 Å². The average Bonchev–Trinajstić information content (AvgIpc) is 3.06. The highest BCUT2D eigenvalue weighted by Gasteiger charge is 2.25. The van der Waals surface area contributed by atoms with E-state index < -0.39 is 18.1 Å². The molecule has 2 rings (SSSR count). The number of para-hydroxylation sites is 1. The van der Waals surface area contributed by atoms with Gasteiger partial charge in [0.15, 0.2) is 5.78 Å². The number of hydrogen-bond donors (Lipinski definition) is 5. The van der Waals surface area contributed by atoms with Crippen molar-refractivity contribution in [3.8, 4) is 0 Å². The Morgan fingerprint density at radius 1 is 1.14 bits per heavy atom. The number of carbonyl (C=O) groups excluding carboxylic acids is 3. The van der Waals surface area contributed by atoms with Crippen LogP contribution < -0.4 is 21.7 Å². The van der Waals surface area contributed by atoms with Crippen molar-refractivity contribution in [2.75, 3.05) is 6.54 Å². The van der Waals surface area contributed by atoms with Gasteiger partial charge in [-0.1, -0.05) is 32.0 Å². The van der Waals surface area contributed by atoms with Gasteiger partial charge in [-0.05, 0) is 37.8 Å². The molecule has 0 aliphatic carbocycles. The lowest BCUT2D eigenvalue weighted by atomic mass is 10.0. The zero-order valence-corrected chi connectivity index (χ0v) is 17.2. The molecular formula is C21H31N5O3. The Morgan fingerprint density at radius 3 is 2.52 bits per heavy atom. The van der Waals surface area contributed by atoms with Crippen LogP contribution in [0.1, 0.15) is 39.2 Å². The number of H-pyrrole nitrogens is 1. The van der Waals surface area contributed by atoms with Gasteiger partial charge in [0, 0.05) is 29.7 Å². The van der Waals surface area contributed by atoms with E-state index in [1.54, 1.807) is 0 Å². The van der Waals surface area contributed by atoms with Gasteiger partial charge in [0.05, 0.1) is 12.1 Å². The number of ketones is 1. The molecule has 0 aliphatic rings. The van der Waals surface area contributed by atoms with Gasteiger partial charge in [-0.25, -0.2) is 4.79 Å². The molecule has 0 spiro atoms. The summed E-state index contributed by atoms with van der Waals surface area (Å²) in [5, 5.41) is 9.73. The standard InChI is InChI=1S/C21H31N5O3/c1-13(2)25-19(11-15-12-24-18-8-5-4-7-16(15)18)20(28)26-17(14(3)27)9-6-10-23-21(22)29/h4-5,7-8,12-13,17,19,24-25H,6,9-11H2,1-3H3,(H,26,28)(H3,22,23,29)/t17-,19-/m1/s1. The molecule has 1 heterocycles. The van der Waals surface area contributed by atoms with E-state index in [1.807, 2.05) is 44.3 Å².